The fourth-order valence-electron chi connectivity index (χ4n) is 1.20. The van der Waals surface area contributed by atoms with Crippen molar-refractivity contribution in [2.75, 3.05) is 0 Å². The van der Waals surface area contributed by atoms with Gasteiger partial charge in [0, 0.05) is 10.8 Å². The van der Waals surface area contributed by atoms with Gasteiger partial charge in [0.25, 0.3) is 0 Å². The summed E-state index contributed by atoms with van der Waals surface area (Å²) in [6, 6.07) is 3.62. The van der Waals surface area contributed by atoms with Gasteiger partial charge in [-0.3, -0.25) is 0 Å². The summed E-state index contributed by atoms with van der Waals surface area (Å²) in [4.78, 5) is 5.31. The molecular weight excluding hydrogens is 210 g/mol. The van der Waals surface area contributed by atoms with Crippen molar-refractivity contribution in [2.45, 2.75) is 25.8 Å². The lowest BCUT2D eigenvalue weighted by atomic mass is 10.2. The molecule has 2 rings (SSSR count). The second-order valence-electron chi connectivity index (χ2n) is 3.64. The maximum absolute atomic E-state index is 5.99. The molecule has 1 unspecified atom stereocenters. The molecule has 0 saturated heterocycles. The van der Waals surface area contributed by atoms with Crippen molar-refractivity contribution >= 4 is 11.3 Å². The highest BCUT2D eigenvalue weighted by Gasteiger charge is 2.18. The molecule has 0 radical (unpaired) electrons. The minimum atomic E-state index is -0.301. The Bertz CT molecular complexity index is 422. The lowest BCUT2D eigenvalue weighted by molar-refractivity contribution is 0.362. The molecule has 0 aliphatic rings. The Morgan fingerprint density at radius 2 is 2.27 bits per heavy atom. The topological polar surface area (TPSA) is 64.9 Å². The van der Waals surface area contributed by atoms with E-state index in [0.717, 1.165) is 4.88 Å². The summed E-state index contributed by atoms with van der Waals surface area (Å²) >= 11 is 1.59. The molecular formula is C10H13N3OS. The van der Waals surface area contributed by atoms with E-state index in [0.29, 0.717) is 11.7 Å². The van der Waals surface area contributed by atoms with E-state index in [-0.39, 0.29) is 12.0 Å². The van der Waals surface area contributed by atoms with Crippen LogP contribution < -0.4 is 5.73 Å². The monoisotopic (exact) mass is 223 g/mol. The summed E-state index contributed by atoms with van der Waals surface area (Å²) in [5.41, 5.74) is 5.99. The van der Waals surface area contributed by atoms with E-state index in [2.05, 4.69) is 10.1 Å². The standard InChI is InChI=1S/C10H13N3OS/c1-6(2)9-12-10(14-13-9)8(11)7-4-3-5-15-7/h3-6,8H,11H2,1-2H3. The average molecular weight is 223 g/mol. The molecule has 80 valence electrons. The van der Waals surface area contributed by atoms with Crippen molar-refractivity contribution in [3.05, 3.63) is 34.1 Å². The van der Waals surface area contributed by atoms with Crippen LogP contribution in [0.1, 0.15) is 42.4 Å². The first-order chi connectivity index (χ1) is 7.18. The van der Waals surface area contributed by atoms with Crippen molar-refractivity contribution in [1.29, 1.82) is 0 Å². The molecule has 0 spiro atoms. The minimum Gasteiger partial charge on any atom is -0.337 e. The summed E-state index contributed by atoms with van der Waals surface area (Å²) in [7, 11) is 0. The summed E-state index contributed by atoms with van der Waals surface area (Å²) in [5, 5.41) is 5.87. The van der Waals surface area contributed by atoms with E-state index in [1.54, 1.807) is 11.3 Å². The fraction of sp³-hybridized carbons (Fsp3) is 0.400. The summed E-state index contributed by atoms with van der Waals surface area (Å²) in [5.74, 6) is 1.45. The maximum Gasteiger partial charge on any atom is 0.248 e. The average Bonchev–Trinajstić information content (AvgIpc) is 2.88. The molecule has 0 amide bonds. The van der Waals surface area contributed by atoms with Crippen LogP contribution in [0.15, 0.2) is 22.0 Å². The van der Waals surface area contributed by atoms with Crippen molar-refractivity contribution < 1.29 is 4.52 Å². The first-order valence-electron chi connectivity index (χ1n) is 4.81. The first-order valence-corrected chi connectivity index (χ1v) is 5.69. The van der Waals surface area contributed by atoms with Crippen molar-refractivity contribution in [3.8, 4) is 0 Å². The number of thiophene rings is 1. The predicted octanol–water partition coefficient (Wildman–Crippen LogP) is 2.30. The van der Waals surface area contributed by atoms with Gasteiger partial charge < -0.3 is 10.3 Å². The smallest absolute Gasteiger partial charge is 0.248 e. The number of nitrogens with zero attached hydrogens (tertiary/aromatic N) is 2. The van der Waals surface area contributed by atoms with Gasteiger partial charge in [0.15, 0.2) is 5.82 Å². The Kier molecular flexibility index (Phi) is 2.83. The fourth-order valence-corrected chi connectivity index (χ4v) is 1.92. The molecule has 15 heavy (non-hydrogen) atoms. The zero-order chi connectivity index (χ0) is 10.8. The second kappa shape index (κ2) is 4.12. The number of nitrogens with two attached hydrogens (primary N) is 1. The Hall–Kier alpha value is -1.20. The van der Waals surface area contributed by atoms with Gasteiger partial charge in [-0.2, -0.15) is 4.98 Å². The van der Waals surface area contributed by atoms with E-state index in [1.165, 1.54) is 0 Å². The van der Waals surface area contributed by atoms with Gasteiger partial charge in [0.2, 0.25) is 5.89 Å². The molecule has 5 heteroatoms. The zero-order valence-corrected chi connectivity index (χ0v) is 9.49. The summed E-state index contributed by atoms with van der Waals surface area (Å²) in [6.07, 6.45) is 0. The molecule has 1 atom stereocenters. The molecule has 2 heterocycles. The van der Waals surface area contributed by atoms with E-state index >= 15 is 0 Å². The zero-order valence-electron chi connectivity index (χ0n) is 8.68. The summed E-state index contributed by atoms with van der Waals surface area (Å²) < 4.78 is 5.13. The molecule has 0 saturated carbocycles. The van der Waals surface area contributed by atoms with E-state index in [4.69, 9.17) is 10.3 Å². The SMILES string of the molecule is CC(C)c1noc(C(N)c2cccs2)n1. The minimum absolute atomic E-state index is 0.262. The van der Waals surface area contributed by atoms with Gasteiger partial charge in [0.1, 0.15) is 6.04 Å². The number of hydrogen-bond acceptors (Lipinski definition) is 5. The van der Waals surface area contributed by atoms with Crippen LogP contribution in [0.2, 0.25) is 0 Å². The molecule has 0 aliphatic carbocycles. The third-order valence-electron chi connectivity index (χ3n) is 2.09. The number of aromatic nitrogens is 2. The second-order valence-corrected chi connectivity index (χ2v) is 4.62. The molecule has 4 nitrogen and oxygen atoms in total. The van der Waals surface area contributed by atoms with Crippen molar-refractivity contribution in [3.63, 3.8) is 0 Å². The highest BCUT2D eigenvalue weighted by atomic mass is 32.1. The Morgan fingerprint density at radius 1 is 1.47 bits per heavy atom. The normalized spacial score (nSPS) is 13.3. The molecule has 0 bridgehead atoms. The maximum atomic E-state index is 5.99. The van der Waals surface area contributed by atoms with Gasteiger partial charge in [-0.1, -0.05) is 25.1 Å². The van der Waals surface area contributed by atoms with Crippen LogP contribution in [0.3, 0.4) is 0 Å². The third-order valence-corrected chi connectivity index (χ3v) is 3.05. The first kappa shape index (κ1) is 10.3. The van der Waals surface area contributed by atoms with Crippen LogP contribution in [0.4, 0.5) is 0 Å². The molecule has 0 aliphatic heterocycles. The lowest BCUT2D eigenvalue weighted by Gasteiger charge is -2.01. The van der Waals surface area contributed by atoms with Gasteiger partial charge in [-0.15, -0.1) is 11.3 Å². The van der Waals surface area contributed by atoms with E-state index in [1.807, 2.05) is 31.4 Å². The van der Waals surface area contributed by atoms with Crippen molar-refractivity contribution in [1.82, 2.24) is 10.1 Å². The van der Waals surface area contributed by atoms with Crippen LogP contribution in [0.25, 0.3) is 0 Å². The molecule has 0 aromatic carbocycles. The van der Waals surface area contributed by atoms with E-state index < -0.39 is 0 Å². The summed E-state index contributed by atoms with van der Waals surface area (Å²) in [6.45, 7) is 4.04. The van der Waals surface area contributed by atoms with Gasteiger partial charge in [-0.05, 0) is 11.4 Å². The van der Waals surface area contributed by atoms with Crippen LogP contribution in [0, 0.1) is 0 Å². The Morgan fingerprint density at radius 3 is 2.80 bits per heavy atom. The van der Waals surface area contributed by atoms with Gasteiger partial charge >= 0.3 is 0 Å². The van der Waals surface area contributed by atoms with Gasteiger partial charge in [0.05, 0.1) is 0 Å². The Balaban J connectivity index is 2.23. The lowest BCUT2D eigenvalue weighted by Crippen LogP contribution is -2.10. The highest BCUT2D eigenvalue weighted by Crippen LogP contribution is 2.23. The third kappa shape index (κ3) is 2.08. The van der Waals surface area contributed by atoms with Crippen LogP contribution in [-0.4, -0.2) is 10.1 Å². The van der Waals surface area contributed by atoms with Crippen molar-refractivity contribution in [2.24, 2.45) is 5.73 Å². The molecule has 0 fully saturated rings. The Labute approximate surface area is 92.1 Å². The van der Waals surface area contributed by atoms with Crippen LogP contribution in [-0.2, 0) is 0 Å². The van der Waals surface area contributed by atoms with Crippen LogP contribution >= 0.6 is 11.3 Å². The predicted molar refractivity (Wildman–Crippen MR) is 58.7 cm³/mol. The largest absolute Gasteiger partial charge is 0.337 e. The van der Waals surface area contributed by atoms with E-state index in [9.17, 15) is 0 Å². The molecule has 2 aromatic heterocycles. The van der Waals surface area contributed by atoms with Gasteiger partial charge in [-0.25, -0.2) is 0 Å². The highest BCUT2D eigenvalue weighted by molar-refractivity contribution is 7.10. The van der Waals surface area contributed by atoms with Crippen LogP contribution in [0.5, 0.6) is 0 Å². The molecule has 2 N–H and O–H groups in total. The quantitative estimate of drug-likeness (QED) is 0.867. The number of rotatable bonds is 3. The molecule has 2 aromatic rings. The number of hydrogen-bond donors (Lipinski definition) is 1.